The Labute approximate surface area is 206 Å². The van der Waals surface area contributed by atoms with E-state index in [2.05, 4.69) is 26.9 Å². The summed E-state index contributed by atoms with van der Waals surface area (Å²) in [5.74, 6) is 0.102. The topological polar surface area (TPSA) is 69.0 Å². The van der Waals surface area contributed by atoms with Crippen molar-refractivity contribution >= 4 is 16.9 Å². The van der Waals surface area contributed by atoms with Gasteiger partial charge in [0.25, 0.3) is 0 Å². The van der Waals surface area contributed by atoms with Gasteiger partial charge >= 0.3 is 6.18 Å². The molecular formula is C26H27F3N6O. The zero-order valence-electron chi connectivity index (χ0n) is 20.4. The maximum atomic E-state index is 13.4. The molecule has 0 aromatic carbocycles. The number of allylic oxidation sites excluding steroid dienone is 1. The van der Waals surface area contributed by atoms with Crippen LogP contribution in [-0.4, -0.2) is 50.1 Å². The fourth-order valence-electron chi connectivity index (χ4n) is 4.95. The molecule has 0 radical (unpaired) electrons. The van der Waals surface area contributed by atoms with E-state index in [-0.39, 0.29) is 18.6 Å². The molecule has 7 nitrogen and oxygen atoms in total. The van der Waals surface area contributed by atoms with E-state index < -0.39 is 17.7 Å². The molecule has 2 fully saturated rings. The lowest BCUT2D eigenvalue weighted by Crippen LogP contribution is -2.43. The smallest absolute Gasteiger partial charge is 0.367 e. The molecule has 10 heteroatoms. The van der Waals surface area contributed by atoms with Crippen molar-refractivity contribution in [3.05, 3.63) is 58.5 Å². The number of pyridine rings is 1. The molecule has 0 amide bonds. The molecule has 0 spiro atoms. The van der Waals surface area contributed by atoms with Crippen LogP contribution in [0.25, 0.3) is 11.0 Å². The molecule has 1 saturated carbocycles. The number of hydrogen-bond acceptors (Lipinski definition) is 6. The number of fused-ring (bicyclic) bond motifs is 1. The van der Waals surface area contributed by atoms with Gasteiger partial charge in [0.15, 0.2) is 0 Å². The standard InChI is InChI=1S/C26H27F3N6O/c1-14-11-34(13-22(36-14)18-10-30-35(12-18)20-6-7-20)23-9-21-25(32-16(3)15(2)31-21)24(33-23)17-4-5-19(8-17)26(27,28)29/h4,9-10,12,14,17,20,22H,6-8,11,13H2,1-3H3/t14-,17?,22-/m0/s1. The quantitative estimate of drug-likeness (QED) is 0.459. The molecule has 3 atom stereocenters. The number of morpholine rings is 1. The van der Waals surface area contributed by atoms with E-state index in [1.165, 1.54) is 6.08 Å². The lowest BCUT2D eigenvalue weighted by atomic mass is 9.99. The third-order valence-electron chi connectivity index (χ3n) is 7.15. The summed E-state index contributed by atoms with van der Waals surface area (Å²) in [5.41, 5.74) is 5.95. The Morgan fingerprint density at radius 1 is 1.08 bits per heavy atom. The van der Waals surface area contributed by atoms with Crippen LogP contribution in [0.2, 0.25) is 0 Å². The first-order valence-corrected chi connectivity index (χ1v) is 12.3. The van der Waals surface area contributed by atoms with Gasteiger partial charge in [-0.1, -0.05) is 0 Å². The summed E-state index contributed by atoms with van der Waals surface area (Å²) < 4.78 is 48.3. The molecule has 0 N–H and O–H groups in total. The molecule has 4 heterocycles. The number of ether oxygens (including phenoxy) is 1. The first-order valence-electron chi connectivity index (χ1n) is 12.3. The van der Waals surface area contributed by atoms with Crippen molar-refractivity contribution in [2.24, 2.45) is 0 Å². The van der Waals surface area contributed by atoms with Gasteiger partial charge in [-0.2, -0.15) is 18.3 Å². The van der Waals surface area contributed by atoms with E-state index >= 15 is 0 Å². The number of aryl methyl sites for hydroxylation is 2. The van der Waals surface area contributed by atoms with E-state index in [1.54, 1.807) is 0 Å². The van der Waals surface area contributed by atoms with Crippen LogP contribution in [0.4, 0.5) is 19.0 Å². The number of halogens is 3. The summed E-state index contributed by atoms with van der Waals surface area (Å²) in [6.45, 7) is 6.91. The van der Waals surface area contributed by atoms with E-state index in [4.69, 9.17) is 14.7 Å². The van der Waals surface area contributed by atoms with Crippen LogP contribution in [-0.2, 0) is 4.74 Å². The molecule has 3 aliphatic rings. The van der Waals surface area contributed by atoms with Gasteiger partial charge in [0.2, 0.25) is 0 Å². The molecule has 0 bridgehead atoms. The summed E-state index contributed by atoms with van der Waals surface area (Å²) in [6.07, 6.45) is 2.83. The van der Waals surface area contributed by atoms with Crippen LogP contribution < -0.4 is 4.90 Å². The highest BCUT2D eigenvalue weighted by Gasteiger charge is 2.38. The van der Waals surface area contributed by atoms with Gasteiger partial charge in [-0.25, -0.2) is 15.0 Å². The van der Waals surface area contributed by atoms with E-state index in [1.807, 2.05) is 37.7 Å². The zero-order chi connectivity index (χ0) is 25.2. The minimum atomic E-state index is -4.41. The number of hydrogen-bond donors (Lipinski definition) is 0. The Balaban J connectivity index is 1.36. The summed E-state index contributed by atoms with van der Waals surface area (Å²) in [5, 5.41) is 4.51. The van der Waals surface area contributed by atoms with Crippen LogP contribution in [0.5, 0.6) is 0 Å². The number of nitrogens with zero attached hydrogens (tertiary/aromatic N) is 6. The van der Waals surface area contributed by atoms with E-state index in [0.29, 0.717) is 41.7 Å². The number of rotatable bonds is 4. The first-order chi connectivity index (χ1) is 17.2. The molecule has 36 heavy (non-hydrogen) atoms. The molecule has 1 aliphatic heterocycles. The molecule has 3 aromatic rings. The van der Waals surface area contributed by atoms with Crippen molar-refractivity contribution in [2.75, 3.05) is 18.0 Å². The highest BCUT2D eigenvalue weighted by Crippen LogP contribution is 2.40. The van der Waals surface area contributed by atoms with Gasteiger partial charge in [0.1, 0.15) is 17.4 Å². The molecule has 1 saturated heterocycles. The van der Waals surface area contributed by atoms with Crippen LogP contribution in [0.3, 0.4) is 0 Å². The maximum absolute atomic E-state index is 13.4. The van der Waals surface area contributed by atoms with Crippen molar-refractivity contribution < 1.29 is 17.9 Å². The average Bonchev–Trinajstić information content (AvgIpc) is 3.33. The van der Waals surface area contributed by atoms with Crippen molar-refractivity contribution in [2.45, 2.75) is 70.4 Å². The van der Waals surface area contributed by atoms with E-state index in [0.717, 1.165) is 29.8 Å². The van der Waals surface area contributed by atoms with Gasteiger partial charge in [0, 0.05) is 30.3 Å². The molecule has 2 aliphatic carbocycles. The summed E-state index contributed by atoms with van der Waals surface area (Å²) in [4.78, 5) is 16.4. The Morgan fingerprint density at radius 2 is 1.86 bits per heavy atom. The Hall–Kier alpha value is -3.23. The van der Waals surface area contributed by atoms with E-state index in [9.17, 15) is 13.2 Å². The number of aromatic nitrogens is 5. The maximum Gasteiger partial charge on any atom is 0.419 e. The predicted octanol–water partition coefficient (Wildman–Crippen LogP) is 5.27. The Morgan fingerprint density at radius 3 is 2.58 bits per heavy atom. The summed E-state index contributed by atoms with van der Waals surface area (Å²) in [7, 11) is 0. The van der Waals surface area contributed by atoms with Crippen LogP contribution >= 0.6 is 0 Å². The van der Waals surface area contributed by atoms with Crippen LogP contribution in [0.15, 0.2) is 35.8 Å². The third-order valence-corrected chi connectivity index (χ3v) is 7.15. The largest absolute Gasteiger partial charge is 0.419 e. The zero-order valence-corrected chi connectivity index (χ0v) is 20.4. The van der Waals surface area contributed by atoms with Crippen molar-refractivity contribution in [1.29, 1.82) is 0 Å². The molecule has 6 rings (SSSR count). The summed E-state index contributed by atoms with van der Waals surface area (Å²) >= 11 is 0. The first kappa shape index (κ1) is 23.2. The molecule has 188 valence electrons. The van der Waals surface area contributed by atoms with Gasteiger partial charge in [-0.3, -0.25) is 4.68 Å². The third kappa shape index (κ3) is 4.29. The number of alkyl halides is 3. The fourth-order valence-corrected chi connectivity index (χ4v) is 4.95. The SMILES string of the molecule is Cc1nc2cc(N3C[C@@H](c4cnn(C5CC5)c4)O[C@@H](C)C3)nc(C3C=C=C(C(F)(F)F)C3)c2nc1C. The van der Waals surface area contributed by atoms with Crippen LogP contribution in [0, 0.1) is 13.8 Å². The molecule has 1 unspecified atom stereocenters. The van der Waals surface area contributed by atoms with Crippen molar-refractivity contribution in [3.8, 4) is 0 Å². The van der Waals surface area contributed by atoms with Gasteiger partial charge < -0.3 is 9.64 Å². The minimum absolute atomic E-state index is 0.0651. The summed E-state index contributed by atoms with van der Waals surface area (Å²) in [6, 6.07) is 2.37. The molecule has 3 aromatic heterocycles. The fraction of sp³-hybridized carbons (Fsp3) is 0.500. The van der Waals surface area contributed by atoms with Gasteiger partial charge in [-0.15, -0.1) is 5.73 Å². The molecular weight excluding hydrogens is 469 g/mol. The highest BCUT2D eigenvalue weighted by atomic mass is 19.4. The van der Waals surface area contributed by atoms with Crippen LogP contribution in [0.1, 0.15) is 66.9 Å². The normalized spacial score (nSPS) is 24.6. The van der Waals surface area contributed by atoms with Gasteiger partial charge in [-0.05, 0) is 46.1 Å². The second-order valence-electron chi connectivity index (χ2n) is 10.1. The lowest BCUT2D eigenvalue weighted by molar-refractivity contribution is -0.0934. The highest BCUT2D eigenvalue weighted by molar-refractivity contribution is 5.81. The number of anilines is 1. The van der Waals surface area contributed by atoms with Crippen molar-refractivity contribution in [1.82, 2.24) is 24.7 Å². The van der Waals surface area contributed by atoms with Gasteiger partial charge in [0.05, 0.1) is 53.1 Å². The monoisotopic (exact) mass is 496 g/mol. The Kier molecular flexibility index (Phi) is 5.42. The second kappa shape index (κ2) is 8.42. The second-order valence-corrected chi connectivity index (χ2v) is 10.1. The minimum Gasteiger partial charge on any atom is -0.367 e. The predicted molar refractivity (Wildman–Crippen MR) is 128 cm³/mol. The lowest BCUT2D eigenvalue weighted by Gasteiger charge is -2.37. The average molecular weight is 497 g/mol. The Bertz CT molecular complexity index is 1400. The van der Waals surface area contributed by atoms with Crippen molar-refractivity contribution in [3.63, 3.8) is 0 Å².